The van der Waals surface area contributed by atoms with E-state index >= 15 is 0 Å². The highest BCUT2D eigenvalue weighted by atomic mass is 35.5. The molecule has 1 N–H and O–H groups in total. The Balaban J connectivity index is 1.50. The fraction of sp³-hybridized carbons (Fsp3) is 0.231. The summed E-state index contributed by atoms with van der Waals surface area (Å²) in [6.07, 6.45) is 0. The van der Waals surface area contributed by atoms with Crippen LogP contribution in [0.25, 0.3) is 11.0 Å². The van der Waals surface area contributed by atoms with Gasteiger partial charge in [0.05, 0.1) is 24.1 Å². The Bertz CT molecular complexity index is 1260. The number of hydrogen-bond acceptors (Lipinski definition) is 3. The molecule has 4 rings (SSSR count). The molecule has 1 aromatic heterocycles. The van der Waals surface area contributed by atoms with Gasteiger partial charge in [0.2, 0.25) is 0 Å². The second-order valence-electron chi connectivity index (χ2n) is 7.89. The van der Waals surface area contributed by atoms with Crippen LogP contribution in [0.5, 0.6) is 5.75 Å². The molecule has 6 heteroatoms. The number of rotatable bonds is 7. The molecule has 3 aromatic carbocycles. The molecular formula is C26H26ClN3O2. The molecular weight excluding hydrogens is 422 g/mol. The van der Waals surface area contributed by atoms with E-state index in [0.717, 1.165) is 44.3 Å². The van der Waals surface area contributed by atoms with Crippen LogP contribution in [0.2, 0.25) is 5.02 Å². The minimum absolute atomic E-state index is 0.106. The third-order valence-electron chi connectivity index (χ3n) is 5.52. The topological polar surface area (TPSA) is 56.2 Å². The molecule has 0 fully saturated rings. The van der Waals surface area contributed by atoms with Gasteiger partial charge in [-0.25, -0.2) is 4.98 Å². The molecule has 0 atom stereocenters. The molecule has 0 saturated heterocycles. The van der Waals surface area contributed by atoms with Crippen molar-refractivity contribution in [3.63, 3.8) is 0 Å². The molecule has 1 amide bonds. The molecule has 0 radical (unpaired) electrons. The van der Waals surface area contributed by atoms with E-state index in [2.05, 4.69) is 9.88 Å². The zero-order chi connectivity index (χ0) is 22.7. The van der Waals surface area contributed by atoms with Crippen molar-refractivity contribution < 1.29 is 9.53 Å². The maximum atomic E-state index is 12.7. The smallest absolute Gasteiger partial charge is 0.251 e. The Labute approximate surface area is 193 Å². The normalized spacial score (nSPS) is 11.0. The first-order chi connectivity index (χ1) is 15.4. The molecule has 0 aliphatic carbocycles. The molecule has 164 valence electrons. The summed E-state index contributed by atoms with van der Waals surface area (Å²) < 4.78 is 8.12. The second kappa shape index (κ2) is 9.45. The largest absolute Gasteiger partial charge is 0.492 e. The molecule has 0 unspecified atom stereocenters. The van der Waals surface area contributed by atoms with Crippen molar-refractivity contribution in [3.05, 3.63) is 93.8 Å². The van der Waals surface area contributed by atoms with Crippen molar-refractivity contribution in [2.45, 2.75) is 33.9 Å². The number of benzene rings is 3. The van der Waals surface area contributed by atoms with Crippen LogP contribution in [-0.4, -0.2) is 22.1 Å². The van der Waals surface area contributed by atoms with Crippen molar-refractivity contribution in [3.8, 4) is 5.75 Å². The maximum Gasteiger partial charge on any atom is 0.251 e. The van der Waals surface area contributed by atoms with Crippen molar-refractivity contribution >= 4 is 28.5 Å². The van der Waals surface area contributed by atoms with Gasteiger partial charge in [0.25, 0.3) is 5.91 Å². The van der Waals surface area contributed by atoms with Crippen LogP contribution < -0.4 is 10.1 Å². The van der Waals surface area contributed by atoms with Crippen LogP contribution in [0.15, 0.2) is 60.7 Å². The van der Waals surface area contributed by atoms with E-state index in [1.165, 1.54) is 0 Å². The number of imidazole rings is 1. The molecule has 32 heavy (non-hydrogen) atoms. The predicted octanol–water partition coefficient (Wildman–Crippen LogP) is 5.62. The van der Waals surface area contributed by atoms with E-state index in [1.54, 1.807) is 0 Å². The van der Waals surface area contributed by atoms with E-state index < -0.39 is 0 Å². The minimum atomic E-state index is -0.106. The number of nitrogens with zero attached hydrogens (tertiary/aromatic N) is 2. The average molecular weight is 448 g/mol. The van der Waals surface area contributed by atoms with E-state index in [1.807, 2.05) is 81.4 Å². The lowest BCUT2D eigenvalue weighted by Crippen LogP contribution is -2.26. The van der Waals surface area contributed by atoms with Gasteiger partial charge in [-0.2, -0.15) is 0 Å². The molecule has 0 aliphatic heterocycles. The van der Waals surface area contributed by atoms with E-state index in [-0.39, 0.29) is 5.91 Å². The third kappa shape index (κ3) is 4.63. The number of para-hydroxylation sites is 2. The number of halogens is 1. The fourth-order valence-electron chi connectivity index (χ4n) is 3.84. The number of fused-ring (bicyclic) bond motifs is 1. The Morgan fingerprint density at radius 1 is 1.00 bits per heavy atom. The second-order valence-corrected chi connectivity index (χ2v) is 8.26. The van der Waals surface area contributed by atoms with Crippen molar-refractivity contribution in [1.82, 2.24) is 14.9 Å². The number of ether oxygens (including phenoxy) is 1. The number of hydrogen-bond donors (Lipinski definition) is 1. The fourth-order valence-corrected chi connectivity index (χ4v) is 3.95. The number of carbonyl (C=O) groups is 1. The Kier molecular flexibility index (Phi) is 6.47. The van der Waals surface area contributed by atoms with Crippen LogP contribution in [0.3, 0.4) is 0 Å². The van der Waals surface area contributed by atoms with Gasteiger partial charge in [0.15, 0.2) is 0 Å². The monoisotopic (exact) mass is 447 g/mol. The van der Waals surface area contributed by atoms with Crippen LogP contribution >= 0.6 is 11.6 Å². The van der Waals surface area contributed by atoms with Crippen LogP contribution in [0.4, 0.5) is 0 Å². The number of carbonyl (C=O) groups excluding carboxylic acids is 1. The molecule has 0 aliphatic rings. The quantitative estimate of drug-likeness (QED) is 0.399. The number of nitrogens with one attached hydrogen (secondary N) is 1. The number of amides is 1. The van der Waals surface area contributed by atoms with Gasteiger partial charge in [-0.3, -0.25) is 4.79 Å². The zero-order valence-corrected chi connectivity index (χ0v) is 19.2. The van der Waals surface area contributed by atoms with Gasteiger partial charge >= 0.3 is 0 Å². The van der Waals surface area contributed by atoms with Gasteiger partial charge < -0.3 is 14.6 Å². The summed E-state index contributed by atoms with van der Waals surface area (Å²) in [5.41, 5.74) is 5.52. The van der Waals surface area contributed by atoms with E-state index in [9.17, 15) is 4.79 Å². The Morgan fingerprint density at radius 3 is 2.44 bits per heavy atom. The highest BCUT2D eigenvalue weighted by Gasteiger charge is 2.14. The standard InChI is InChI=1S/C26H26ClN3O2/c1-17-8-4-5-9-21(17)26(31)28-16-24-29-22-10-6-7-11-23(22)30(24)12-13-32-20-14-18(2)25(27)19(3)15-20/h4-11,14-15H,12-13,16H2,1-3H3,(H,28,31). The van der Waals surface area contributed by atoms with Gasteiger partial charge in [-0.1, -0.05) is 41.9 Å². The summed E-state index contributed by atoms with van der Waals surface area (Å²) in [7, 11) is 0. The summed E-state index contributed by atoms with van der Waals surface area (Å²) in [6.45, 7) is 7.29. The molecule has 5 nitrogen and oxygen atoms in total. The summed E-state index contributed by atoms with van der Waals surface area (Å²) in [4.78, 5) is 17.4. The highest BCUT2D eigenvalue weighted by molar-refractivity contribution is 6.32. The third-order valence-corrected chi connectivity index (χ3v) is 6.12. The lowest BCUT2D eigenvalue weighted by atomic mass is 10.1. The van der Waals surface area contributed by atoms with Gasteiger partial charge in [0, 0.05) is 10.6 Å². The van der Waals surface area contributed by atoms with Crippen LogP contribution in [0, 0.1) is 20.8 Å². The summed E-state index contributed by atoms with van der Waals surface area (Å²) >= 11 is 6.26. The van der Waals surface area contributed by atoms with Crippen molar-refractivity contribution in [1.29, 1.82) is 0 Å². The highest BCUT2D eigenvalue weighted by Crippen LogP contribution is 2.26. The number of aryl methyl sites for hydroxylation is 3. The Morgan fingerprint density at radius 2 is 1.69 bits per heavy atom. The van der Waals surface area contributed by atoms with E-state index in [0.29, 0.717) is 25.3 Å². The first kappa shape index (κ1) is 21.9. The van der Waals surface area contributed by atoms with Gasteiger partial charge in [-0.05, 0) is 67.8 Å². The molecule has 0 saturated carbocycles. The van der Waals surface area contributed by atoms with Crippen molar-refractivity contribution in [2.75, 3.05) is 6.61 Å². The van der Waals surface area contributed by atoms with E-state index in [4.69, 9.17) is 21.3 Å². The molecule has 4 aromatic rings. The van der Waals surface area contributed by atoms with Crippen molar-refractivity contribution in [2.24, 2.45) is 0 Å². The summed E-state index contributed by atoms with van der Waals surface area (Å²) in [5, 5.41) is 3.78. The molecule has 0 bridgehead atoms. The van der Waals surface area contributed by atoms with Crippen LogP contribution in [-0.2, 0) is 13.1 Å². The van der Waals surface area contributed by atoms with Gasteiger partial charge in [0.1, 0.15) is 18.2 Å². The first-order valence-electron chi connectivity index (χ1n) is 10.6. The van der Waals surface area contributed by atoms with Gasteiger partial charge in [-0.15, -0.1) is 0 Å². The molecule has 1 heterocycles. The lowest BCUT2D eigenvalue weighted by molar-refractivity contribution is 0.0949. The minimum Gasteiger partial charge on any atom is -0.492 e. The SMILES string of the molecule is Cc1ccccc1C(=O)NCc1nc2ccccc2n1CCOc1cc(C)c(Cl)c(C)c1. The van der Waals surface area contributed by atoms with Crippen LogP contribution in [0.1, 0.15) is 32.9 Å². The summed E-state index contributed by atoms with van der Waals surface area (Å²) in [6, 6.07) is 19.4. The predicted molar refractivity (Wildman–Crippen MR) is 129 cm³/mol. The Hall–Kier alpha value is -3.31. The zero-order valence-electron chi connectivity index (χ0n) is 18.5. The number of aromatic nitrogens is 2. The average Bonchev–Trinajstić information content (AvgIpc) is 3.13. The summed E-state index contributed by atoms with van der Waals surface area (Å²) in [5.74, 6) is 1.48. The molecule has 0 spiro atoms. The first-order valence-corrected chi connectivity index (χ1v) is 11.0. The maximum absolute atomic E-state index is 12.7. The lowest BCUT2D eigenvalue weighted by Gasteiger charge is -2.13.